The van der Waals surface area contributed by atoms with Crippen LogP contribution in [0.5, 0.6) is 5.75 Å². The number of ether oxygens (including phenoxy) is 1. The molecule has 0 bridgehead atoms. The molecule has 0 aliphatic heterocycles. The van der Waals surface area contributed by atoms with Crippen LogP contribution in [0.1, 0.15) is 22.3 Å². The van der Waals surface area contributed by atoms with E-state index >= 15 is 0 Å². The molecule has 3 rings (SSSR count). The number of nitrogens with zero attached hydrogens (tertiary/aromatic N) is 1. The van der Waals surface area contributed by atoms with Crippen LogP contribution in [-0.2, 0) is 17.8 Å². The van der Waals surface area contributed by atoms with Crippen LogP contribution < -0.4 is 10.2 Å². The lowest BCUT2D eigenvalue weighted by atomic mass is 10.1. The Kier molecular flexibility index (Phi) is 6.82. The predicted octanol–water partition coefficient (Wildman–Crippen LogP) is 4.92. The standard InChI is InChI=1S/C23H21ClN2O2/c1-17-2-4-20(5-3-17)16-28-22-12-8-19(9-13-22)15-25-26-23(27)14-18-6-10-21(24)11-7-18/h2-13,15H,14,16H2,1H3,(H,26,27)/b25-15+. The lowest BCUT2D eigenvalue weighted by molar-refractivity contribution is -0.120. The lowest BCUT2D eigenvalue weighted by Crippen LogP contribution is -2.19. The first-order valence-electron chi connectivity index (χ1n) is 8.93. The normalized spacial score (nSPS) is 10.8. The van der Waals surface area contributed by atoms with Gasteiger partial charge in [0.1, 0.15) is 12.4 Å². The van der Waals surface area contributed by atoms with Crippen molar-refractivity contribution in [1.82, 2.24) is 5.43 Å². The molecule has 142 valence electrons. The van der Waals surface area contributed by atoms with Crippen LogP contribution in [0.15, 0.2) is 77.9 Å². The average Bonchev–Trinajstić information content (AvgIpc) is 2.70. The minimum Gasteiger partial charge on any atom is -0.489 e. The molecule has 0 spiro atoms. The van der Waals surface area contributed by atoms with Gasteiger partial charge in [-0.3, -0.25) is 4.79 Å². The molecule has 0 unspecified atom stereocenters. The Hall–Kier alpha value is -3.11. The molecule has 1 N–H and O–H groups in total. The van der Waals surface area contributed by atoms with Gasteiger partial charge in [0, 0.05) is 5.02 Å². The van der Waals surface area contributed by atoms with Crippen LogP contribution in [0.2, 0.25) is 5.02 Å². The highest BCUT2D eigenvalue weighted by molar-refractivity contribution is 6.30. The minimum absolute atomic E-state index is 0.184. The summed E-state index contributed by atoms with van der Waals surface area (Å²) >= 11 is 5.83. The Bertz CT molecular complexity index is 934. The van der Waals surface area contributed by atoms with E-state index in [4.69, 9.17) is 16.3 Å². The summed E-state index contributed by atoms with van der Waals surface area (Å²) < 4.78 is 5.78. The number of rotatable bonds is 7. The van der Waals surface area contributed by atoms with Gasteiger partial charge in [0.25, 0.3) is 0 Å². The van der Waals surface area contributed by atoms with E-state index in [9.17, 15) is 4.79 Å². The van der Waals surface area contributed by atoms with Crippen molar-refractivity contribution < 1.29 is 9.53 Å². The van der Waals surface area contributed by atoms with E-state index in [0.29, 0.717) is 11.6 Å². The van der Waals surface area contributed by atoms with Gasteiger partial charge in [-0.1, -0.05) is 53.6 Å². The van der Waals surface area contributed by atoms with Gasteiger partial charge in [-0.05, 0) is 60.0 Å². The second-order valence-electron chi connectivity index (χ2n) is 6.44. The third-order valence-corrected chi connectivity index (χ3v) is 4.34. The number of carbonyl (C=O) groups is 1. The molecule has 1 amide bonds. The summed E-state index contributed by atoms with van der Waals surface area (Å²) in [5.41, 5.74) is 6.63. The van der Waals surface area contributed by atoms with E-state index in [1.54, 1.807) is 18.3 Å². The molecule has 5 heteroatoms. The molecule has 0 fully saturated rings. The molecule has 3 aromatic rings. The van der Waals surface area contributed by atoms with Gasteiger partial charge in [-0.25, -0.2) is 5.43 Å². The van der Waals surface area contributed by atoms with Crippen molar-refractivity contribution in [3.8, 4) is 5.75 Å². The van der Waals surface area contributed by atoms with E-state index in [1.807, 2.05) is 36.4 Å². The van der Waals surface area contributed by atoms with E-state index < -0.39 is 0 Å². The maximum Gasteiger partial charge on any atom is 0.244 e. The second kappa shape index (κ2) is 9.72. The summed E-state index contributed by atoms with van der Waals surface area (Å²) in [6.07, 6.45) is 1.85. The highest BCUT2D eigenvalue weighted by atomic mass is 35.5. The van der Waals surface area contributed by atoms with E-state index in [0.717, 1.165) is 22.4 Å². The number of halogens is 1. The van der Waals surface area contributed by atoms with Crippen molar-refractivity contribution in [1.29, 1.82) is 0 Å². The van der Waals surface area contributed by atoms with Gasteiger partial charge < -0.3 is 4.74 Å². The summed E-state index contributed by atoms with van der Waals surface area (Å²) in [5.74, 6) is 0.598. The van der Waals surface area contributed by atoms with Crippen molar-refractivity contribution in [2.24, 2.45) is 5.10 Å². The first-order chi connectivity index (χ1) is 13.6. The van der Waals surface area contributed by atoms with E-state index in [-0.39, 0.29) is 12.3 Å². The van der Waals surface area contributed by atoms with Crippen LogP contribution in [0.25, 0.3) is 0 Å². The number of aryl methyl sites for hydroxylation is 1. The molecule has 0 saturated heterocycles. The Morgan fingerprint density at radius 1 is 0.964 bits per heavy atom. The molecule has 0 atom stereocenters. The van der Waals surface area contributed by atoms with Gasteiger partial charge in [0.2, 0.25) is 5.91 Å². The number of benzene rings is 3. The quantitative estimate of drug-likeness (QED) is 0.458. The molecular weight excluding hydrogens is 372 g/mol. The Labute approximate surface area is 169 Å². The Morgan fingerprint density at radius 3 is 2.29 bits per heavy atom. The summed E-state index contributed by atoms with van der Waals surface area (Å²) in [5, 5.41) is 4.64. The second-order valence-corrected chi connectivity index (χ2v) is 6.88. The first-order valence-corrected chi connectivity index (χ1v) is 9.31. The fraction of sp³-hybridized carbons (Fsp3) is 0.130. The summed E-state index contributed by atoms with van der Waals surface area (Å²) in [4.78, 5) is 11.9. The summed E-state index contributed by atoms with van der Waals surface area (Å²) in [6, 6.07) is 23.0. The van der Waals surface area contributed by atoms with Crippen molar-refractivity contribution in [3.05, 3.63) is 100 Å². The molecule has 0 aromatic heterocycles. The fourth-order valence-electron chi connectivity index (χ4n) is 2.51. The predicted molar refractivity (Wildman–Crippen MR) is 113 cm³/mol. The largest absolute Gasteiger partial charge is 0.489 e. The van der Waals surface area contributed by atoms with E-state index in [1.165, 1.54) is 5.56 Å². The zero-order chi connectivity index (χ0) is 19.8. The van der Waals surface area contributed by atoms with Gasteiger partial charge >= 0.3 is 0 Å². The zero-order valence-corrected chi connectivity index (χ0v) is 16.3. The topological polar surface area (TPSA) is 50.7 Å². The molecule has 0 aliphatic rings. The van der Waals surface area contributed by atoms with Crippen LogP contribution in [0, 0.1) is 6.92 Å². The average molecular weight is 393 g/mol. The Morgan fingerprint density at radius 2 is 1.61 bits per heavy atom. The number of hydrogen-bond donors (Lipinski definition) is 1. The first kappa shape index (κ1) is 19.6. The van der Waals surface area contributed by atoms with Gasteiger partial charge in [-0.15, -0.1) is 0 Å². The zero-order valence-electron chi connectivity index (χ0n) is 15.6. The molecule has 28 heavy (non-hydrogen) atoms. The van der Waals surface area contributed by atoms with Crippen molar-refractivity contribution in [3.63, 3.8) is 0 Å². The number of carbonyl (C=O) groups excluding carboxylic acids is 1. The van der Waals surface area contributed by atoms with Crippen molar-refractivity contribution in [2.45, 2.75) is 20.0 Å². The molecule has 0 aliphatic carbocycles. The molecule has 0 radical (unpaired) electrons. The third kappa shape index (κ3) is 6.25. The van der Waals surface area contributed by atoms with Crippen LogP contribution >= 0.6 is 11.6 Å². The highest BCUT2D eigenvalue weighted by Gasteiger charge is 2.02. The summed E-state index contributed by atoms with van der Waals surface area (Å²) in [7, 11) is 0. The maximum atomic E-state index is 11.9. The number of hydrazone groups is 1. The van der Waals surface area contributed by atoms with Crippen molar-refractivity contribution >= 4 is 23.7 Å². The van der Waals surface area contributed by atoms with E-state index in [2.05, 4.69) is 41.7 Å². The molecule has 3 aromatic carbocycles. The van der Waals surface area contributed by atoms with Gasteiger partial charge in [0.15, 0.2) is 0 Å². The Balaban J connectivity index is 1.45. The van der Waals surface area contributed by atoms with Crippen LogP contribution in [0.4, 0.5) is 0 Å². The molecule has 0 heterocycles. The monoisotopic (exact) mass is 392 g/mol. The van der Waals surface area contributed by atoms with Gasteiger partial charge in [-0.2, -0.15) is 5.10 Å². The fourth-order valence-corrected chi connectivity index (χ4v) is 2.63. The number of hydrogen-bond acceptors (Lipinski definition) is 3. The molecular formula is C23H21ClN2O2. The number of nitrogens with one attached hydrogen (secondary N) is 1. The smallest absolute Gasteiger partial charge is 0.244 e. The number of amides is 1. The maximum absolute atomic E-state index is 11.9. The van der Waals surface area contributed by atoms with Crippen LogP contribution in [-0.4, -0.2) is 12.1 Å². The third-order valence-electron chi connectivity index (χ3n) is 4.09. The van der Waals surface area contributed by atoms with Gasteiger partial charge in [0.05, 0.1) is 12.6 Å². The highest BCUT2D eigenvalue weighted by Crippen LogP contribution is 2.14. The van der Waals surface area contributed by atoms with Crippen molar-refractivity contribution in [2.75, 3.05) is 0 Å². The summed E-state index contributed by atoms with van der Waals surface area (Å²) in [6.45, 7) is 2.58. The lowest BCUT2D eigenvalue weighted by Gasteiger charge is -2.07. The molecule has 0 saturated carbocycles. The minimum atomic E-state index is -0.184. The van der Waals surface area contributed by atoms with Crippen LogP contribution in [0.3, 0.4) is 0 Å². The SMILES string of the molecule is Cc1ccc(COc2ccc(/C=N/NC(=O)Cc3ccc(Cl)cc3)cc2)cc1. The molecule has 4 nitrogen and oxygen atoms in total.